The van der Waals surface area contributed by atoms with Gasteiger partial charge in [0, 0.05) is 37.0 Å². The maximum Gasteiger partial charge on any atom is 0.152 e. The summed E-state index contributed by atoms with van der Waals surface area (Å²) >= 11 is 1.65. The molecule has 0 aliphatic carbocycles. The van der Waals surface area contributed by atoms with Gasteiger partial charge in [0.15, 0.2) is 5.82 Å². The van der Waals surface area contributed by atoms with E-state index in [-0.39, 0.29) is 0 Å². The van der Waals surface area contributed by atoms with Gasteiger partial charge in [0.05, 0.1) is 6.61 Å². The molecule has 0 spiro atoms. The number of hydrogen-bond donors (Lipinski definition) is 1. The predicted octanol–water partition coefficient (Wildman–Crippen LogP) is 2.26. The van der Waals surface area contributed by atoms with E-state index in [0.29, 0.717) is 6.61 Å². The zero-order valence-corrected chi connectivity index (χ0v) is 9.83. The molecule has 1 N–H and O–H groups in total. The second-order valence-electron chi connectivity index (χ2n) is 3.19. The topological polar surface area (TPSA) is 47.0 Å². The molecule has 5 heteroatoms. The zero-order chi connectivity index (χ0) is 11.2. The number of methoxy groups -OCH3 is 1. The van der Waals surface area contributed by atoms with Crippen molar-refractivity contribution >= 4 is 17.2 Å². The summed E-state index contributed by atoms with van der Waals surface area (Å²) in [5.41, 5.74) is 1.98. The van der Waals surface area contributed by atoms with E-state index in [1.165, 1.54) is 0 Å². The molecule has 0 saturated heterocycles. The monoisotopic (exact) mass is 235 g/mol. The van der Waals surface area contributed by atoms with Crippen LogP contribution in [0.1, 0.15) is 0 Å². The summed E-state index contributed by atoms with van der Waals surface area (Å²) in [5, 5.41) is 7.30. The van der Waals surface area contributed by atoms with Crippen molar-refractivity contribution in [2.24, 2.45) is 0 Å². The highest BCUT2D eigenvalue weighted by Gasteiger charge is 2.06. The highest BCUT2D eigenvalue weighted by Crippen LogP contribution is 2.25. The molecule has 2 aromatic heterocycles. The van der Waals surface area contributed by atoms with Gasteiger partial charge in [0.2, 0.25) is 0 Å². The van der Waals surface area contributed by atoms with Crippen molar-refractivity contribution in [3.05, 3.63) is 29.2 Å². The lowest BCUT2D eigenvalue weighted by Gasteiger charge is -2.08. The Morgan fingerprint density at radius 3 is 3.00 bits per heavy atom. The first-order valence-electron chi connectivity index (χ1n) is 4.98. The summed E-state index contributed by atoms with van der Waals surface area (Å²) in [6.45, 7) is 1.38. The molecule has 2 aromatic rings. The summed E-state index contributed by atoms with van der Waals surface area (Å²) in [6.07, 6.45) is 3.39. The Morgan fingerprint density at radius 1 is 1.38 bits per heavy atom. The summed E-state index contributed by atoms with van der Waals surface area (Å²) in [7, 11) is 1.68. The van der Waals surface area contributed by atoms with Crippen LogP contribution in [0.25, 0.3) is 11.3 Å². The van der Waals surface area contributed by atoms with Crippen molar-refractivity contribution in [3.63, 3.8) is 0 Å². The molecule has 2 heterocycles. The highest BCUT2D eigenvalue weighted by atomic mass is 32.1. The third-order valence-corrected chi connectivity index (χ3v) is 2.77. The van der Waals surface area contributed by atoms with Crippen molar-refractivity contribution in [2.75, 3.05) is 25.6 Å². The number of ether oxygens (including phenoxy) is 1. The Morgan fingerprint density at radius 2 is 2.25 bits per heavy atom. The third kappa shape index (κ3) is 2.56. The molecule has 0 aliphatic rings. The normalized spacial score (nSPS) is 10.3. The van der Waals surface area contributed by atoms with Crippen molar-refractivity contribution in [1.29, 1.82) is 0 Å². The van der Waals surface area contributed by atoms with Crippen LogP contribution in [0.15, 0.2) is 29.2 Å². The SMILES string of the molecule is COCCNc1nccnc1-c1ccsc1. The van der Waals surface area contributed by atoms with Crippen LogP contribution in [-0.4, -0.2) is 30.2 Å². The van der Waals surface area contributed by atoms with Crippen molar-refractivity contribution < 1.29 is 4.74 Å². The van der Waals surface area contributed by atoms with Crippen molar-refractivity contribution in [1.82, 2.24) is 9.97 Å². The molecule has 0 unspecified atom stereocenters. The van der Waals surface area contributed by atoms with Gasteiger partial charge in [-0.1, -0.05) is 0 Å². The number of aromatic nitrogens is 2. The van der Waals surface area contributed by atoms with Gasteiger partial charge in [-0.3, -0.25) is 4.98 Å². The molecule has 4 nitrogen and oxygen atoms in total. The van der Waals surface area contributed by atoms with Crippen molar-refractivity contribution in [2.45, 2.75) is 0 Å². The van der Waals surface area contributed by atoms with E-state index in [9.17, 15) is 0 Å². The lowest BCUT2D eigenvalue weighted by molar-refractivity contribution is 0.210. The summed E-state index contributed by atoms with van der Waals surface area (Å²) in [5.74, 6) is 0.804. The van der Waals surface area contributed by atoms with Gasteiger partial charge in [-0.25, -0.2) is 4.98 Å². The Balaban J connectivity index is 2.18. The molecule has 84 valence electrons. The Kier molecular flexibility index (Phi) is 3.85. The average molecular weight is 235 g/mol. The lowest BCUT2D eigenvalue weighted by Crippen LogP contribution is -2.10. The van der Waals surface area contributed by atoms with E-state index < -0.39 is 0 Å². The van der Waals surface area contributed by atoms with Gasteiger partial charge in [-0.05, 0) is 11.4 Å². The van der Waals surface area contributed by atoms with Crippen LogP contribution in [0.5, 0.6) is 0 Å². The quantitative estimate of drug-likeness (QED) is 0.807. The van der Waals surface area contributed by atoms with E-state index in [1.54, 1.807) is 30.8 Å². The third-order valence-electron chi connectivity index (χ3n) is 2.09. The summed E-state index contributed by atoms with van der Waals surface area (Å²) in [4.78, 5) is 8.62. The van der Waals surface area contributed by atoms with E-state index in [1.807, 2.05) is 11.4 Å². The van der Waals surface area contributed by atoms with E-state index >= 15 is 0 Å². The van der Waals surface area contributed by atoms with Crippen LogP contribution in [0.4, 0.5) is 5.82 Å². The fourth-order valence-electron chi connectivity index (χ4n) is 1.35. The molecule has 16 heavy (non-hydrogen) atoms. The molecule has 0 atom stereocenters. The van der Waals surface area contributed by atoms with Gasteiger partial charge >= 0.3 is 0 Å². The van der Waals surface area contributed by atoms with E-state index in [2.05, 4.69) is 20.7 Å². The molecule has 0 amide bonds. The Labute approximate surface area is 98.3 Å². The van der Waals surface area contributed by atoms with Crippen molar-refractivity contribution in [3.8, 4) is 11.3 Å². The van der Waals surface area contributed by atoms with E-state index in [4.69, 9.17) is 4.74 Å². The predicted molar refractivity (Wildman–Crippen MR) is 65.7 cm³/mol. The Bertz CT molecular complexity index is 431. The largest absolute Gasteiger partial charge is 0.383 e. The second-order valence-corrected chi connectivity index (χ2v) is 3.97. The number of nitrogens with one attached hydrogen (secondary N) is 1. The summed E-state index contributed by atoms with van der Waals surface area (Å²) < 4.78 is 4.99. The number of anilines is 1. The van der Waals surface area contributed by atoms with Gasteiger partial charge in [0.25, 0.3) is 0 Å². The van der Waals surface area contributed by atoms with Crippen LogP contribution in [0.3, 0.4) is 0 Å². The minimum Gasteiger partial charge on any atom is -0.383 e. The number of nitrogens with zero attached hydrogens (tertiary/aromatic N) is 2. The van der Waals surface area contributed by atoms with Crippen LogP contribution in [0.2, 0.25) is 0 Å². The van der Waals surface area contributed by atoms with Gasteiger partial charge in [-0.15, -0.1) is 0 Å². The first-order chi connectivity index (χ1) is 7.92. The maximum atomic E-state index is 4.99. The number of hydrogen-bond acceptors (Lipinski definition) is 5. The minimum absolute atomic E-state index is 0.652. The fraction of sp³-hybridized carbons (Fsp3) is 0.273. The molecule has 0 fully saturated rings. The fourth-order valence-corrected chi connectivity index (χ4v) is 1.99. The van der Waals surface area contributed by atoms with Gasteiger partial charge in [0.1, 0.15) is 5.69 Å². The van der Waals surface area contributed by atoms with Gasteiger partial charge in [-0.2, -0.15) is 11.3 Å². The second kappa shape index (κ2) is 5.58. The molecule has 0 aromatic carbocycles. The standard InChI is InChI=1S/C11H13N3OS/c1-15-6-5-14-11-10(12-3-4-13-11)9-2-7-16-8-9/h2-4,7-8H,5-6H2,1H3,(H,13,14). The molecule has 0 aliphatic heterocycles. The smallest absolute Gasteiger partial charge is 0.152 e. The maximum absolute atomic E-state index is 4.99. The summed E-state index contributed by atoms with van der Waals surface area (Å²) in [6, 6.07) is 2.04. The first kappa shape index (κ1) is 11.0. The number of thiophene rings is 1. The molecule has 0 radical (unpaired) electrons. The average Bonchev–Trinajstić information content (AvgIpc) is 2.83. The molecular weight excluding hydrogens is 222 g/mol. The van der Waals surface area contributed by atoms with Crippen LogP contribution in [0, 0.1) is 0 Å². The molecule has 0 bridgehead atoms. The number of rotatable bonds is 5. The lowest BCUT2D eigenvalue weighted by atomic mass is 10.2. The van der Waals surface area contributed by atoms with E-state index in [0.717, 1.165) is 23.6 Å². The highest BCUT2D eigenvalue weighted by molar-refractivity contribution is 7.08. The Hall–Kier alpha value is -1.46. The minimum atomic E-state index is 0.652. The molecule has 0 saturated carbocycles. The zero-order valence-electron chi connectivity index (χ0n) is 9.01. The first-order valence-corrected chi connectivity index (χ1v) is 5.92. The molecule has 2 rings (SSSR count). The van der Waals surface area contributed by atoms with Crippen LogP contribution >= 0.6 is 11.3 Å². The van der Waals surface area contributed by atoms with Crippen LogP contribution < -0.4 is 5.32 Å². The van der Waals surface area contributed by atoms with Crippen LogP contribution in [-0.2, 0) is 4.74 Å². The van der Waals surface area contributed by atoms with Gasteiger partial charge < -0.3 is 10.1 Å². The molecular formula is C11H13N3OS.